The molecule has 1 aliphatic rings. The van der Waals surface area contributed by atoms with Crippen LogP contribution >= 0.6 is 0 Å². The smallest absolute Gasteiger partial charge is 0.416 e. The van der Waals surface area contributed by atoms with Gasteiger partial charge in [0.1, 0.15) is 17.8 Å². The average molecular weight is 526 g/mol. The Balaban J connectivity index is 1.96. The largest absolute Gasteiger partial charge is 0.487 e. The molecule has 1 aliphatic heterocycles. The minimum Gasteiger partial charge on any atom is -0.487 e. The van der Waals surface area contributed by atoms with Gasteiger partial charge >= 0.3 is 6.18 Å². The van der Waals surface area contributed by atoms with E-state index in [0.29, 0.717) is 18.2 Å². The second-order valence-corrected chi connectivity index (χ2v) is 10.3. The summed E-state index contributed by atoms with van der Waals surface area (Å²) in [5.74, 6) is 0.228. The van der Waals surface area contributed by atoms with Crippen LogP contribution < -0.4 is 9.47 Å². The molecule has 0 radical (unpaired) electrons. The van der Waals surface area contributed by atoms with Crippen LogP contribution in [0.1, 0.15) is 30.5 Å². The van der Waals surface area contributed by atoms with Gasteiger partial charge in [0, 0.05) is 12.6 Å². The minimum atomic E-state index is -4.78. The first-order valence-corrected chi connectivity index (χ1v) is 12.0. The van der Waals surface area contributed by atoms with Crippen molar-refractivity contribution < 1.29 is 41.3 Å². The Hall–Kier alpha value is -3.36. The Morgan fingerprint density at radius 3 is 2.42 bits per heavy atom. The molecule has 2 aromatic rings. The van der Waals surface area contributed by atoms with E-state index in [0.717, 1.165) is 4.31 Å². The summed E-state index contributed by atoms with van der Waals surface area (Å²) in [7, 11) is -4.57. The first kappa shape index (κ1) is 27.2. The number of nitriles is 2. The quantitative estimate of drug-likeness (QED) is 0.561. The molecule has 3 rings (SSSR count). The molecule has 13 heteroatoms. The minimum absolute atomic E-state index is 0.0751. The highest BCUT2D eigenvalue weighted by Crippen LogP contribution is 2.37. The Morgan fingerprint density at radius 1 is 1.17 bits per heavy atom. The van der Waals surface area contributed by atoms with E-state index in [1.54, 1.807) is 13.8 Å². The standard InChI is InChI=1S/C23H22F3N3O6S/c1-14(2)34-19-7-15(9-27)3-5-18(19)35-21-11-29(12-22(21,31)13-30)36(32,33)20-6-4-17(23(24,25)26)8-16(20)10-28/h3-8,14,21,30-31H,11-13H2,1-2H3/t21-,22+/m0/s1. The summed E-state index contributed by atoms with van der Waals surface area (Å²) in [4.78, 5) is -0.679. The first-order valence-electron chi connectivity index (χ1n) is 10.6. The van der Waals surface area contributed by atoms with Crippen molar-refractivity contribution in [2.75, 3.05) is 19.7 Å². The van der Waals surface area contributed by atoms with E-state index < -0.39 is 63.6 Å². The highest BCUT2D eigenvalue weighted by Gasteiger charge is 2.51. The molecule has 2 N–H and O–H groups in total. The summed E-state index contributed by atoms with van der Waals surface area (Å²) in [5.41, 5.74) is -3.74. The number of rotatable bonds is 7. The molecule has 0 aliphatic carbocycles. The number of ether oxygens (including phenoxy) is 2. The topological polar surface area (TPSA) is 144 Å². The number of hydrogen-bond acceptors (Lipinski definition) is 8. The van der Waals surface area contributed by atoms with E-state index in [4.69, 9.17) is 14.7 Å². The van der Waals surface area contributed by atoms with Crippen molar-refractivity contribution in [2.24, 2.45) is 0 Å². The predicted molar refractivity (Wildman–Crippen MR) is 118 cm³/mol. The van der Waals surface area contributed by atoms with Gasteiger partial charge in [0.2, 0.25) is 10.0 Å². The van der Waals surface area contributed by atoms with Gasteiger partial charge < -0.3 is 19.7 Å². The van der Waals surface area contributed by atoms with Gasteiger partial charge in [0.15, 0.2) is 11.5 Å². The van der Waals surface area contributed by atoms with E-state index in [9.17, 15) is 37.1 Å². The summed E-state index contributed by atoms with van der Waals surface area (Å²) in [5, 5.41) is 39.3. The van der Waals surface area contributed by atoms with Crippen LogP contribution in [0.25, 0.3) is 0 Å². The van der Waals surface area contributed by atoms with Crippen molar-refractivity contribution >= 4 is 10.0 Å². The fourth-order valence-electron chi connectivity index (χ4n) is 3.64. The van der Waals surface area contributed by atoms with Crippen LogP contribution in [-0.4, -0.2) is 60.4 Å². The van der Waals surface area contributed by atoms with Crippen molar-refractivity contribution in [2.45, 2.75) is 42.7 Å². The summed E-state index contributed by atoms with van der Waals surface area (Å²) >= 11 is 0. The third kappa shape index (κ3) is 5.39. The lowest BCUT2D eigenvalue weighted by atomic mass is 10.0. The molecule has 0 aromatic heterocycles. The SMILES string of the molecule is CC(C)Oc1cc(C#N)ccc1O[C@H]1CN(S(=O)(=O)c2ccc(C(F)(F)F)cc2C#N)C[C@@]1(O)CO. The zero-order valence-corrected chi connectivity index (χ0v) is 20.0. The molecular weight excluding hydrogens is 503 g/mol. The van der Waals surface area contributed by atoms with E-state index >= 15 is 0 Å². The number of hydrogen-bond donors (Lipinski definition) is 2. The average Bonchev–Trinajstić information content (AvgIpc) is 3.16. The second-order valence-electron chi connectivity index (χ2n) is 8.43. The number of nitrogens with zero attached hydrogens (tertiary/aromatic N) is 3. The number of aliphatic hydroxyl groups is 2. The maximum atomic E-state index is 13.3. The zero-order chi connectivity index (χ0) is 26.9. The molecule has 1 fully saturated rings. The van der Waals surface area contributed by atoms with Gasteiger partial charge in [-0.3, -0.25) is 0 Å². The highest BCUT2D eigenvalue weighted by atomic mass is 32.2. The van der Waals surface area contributed by atoms with Gasteiger partial charge in [-0.2, -0.15) is 28.0 Å². The number of halogens is 3. The molecule has 36 heavy (non-hydrogen) atoms. The van der Waals surface area contributed by atoms with Crippen molar-refractivity contribution in [3.8, 4) is 23.6 Å². The van der Waals surface area contributed by atoms with Gasteiger partial charge in [-0.1, -0.05) is 0 Å². The van der Waals surface area contributed by atoms with Gasteiger partial charge in [-0.25, -0.2) is 8.42 Å². The molecular formula is C23H22F3N3O6S. The summed E-state index contributed by atoms with van der Waals surface area (Å²) < 4.78 is 77.8. The lowest BCUT2D eigenvalue weighted by molar-refractivity contribution is -0.137. The van der Waals surface area contributed by atoms with Gasteiger partial charge in [-0.15, -0.1) is 0 Å². The molecule has 9 nitrogen and oxygen atoms in total. The molecule has 1 saturated heterocycles. The Morgan fingerprint density at radius 2 is 1.86 bits per heavy atom. The monoisotopic (exact) mass is 525 g/mol. The van der Waals surface area contributed by atoms with Crippen molar-refractivity contribution in [1.82, 2.24) is 4.31 Å². The number of sulfonamides is 1. The van der Waals surface area contributed by atoms with Crippen molar-refractivity contribution in [1.29, 1.82) is 10.5 Å². The van der Waals surface area contributed by atoms with Crippen LogP contribution in [0.4, 0.5) is 13.2 Å². The second kappa shape index (κ2) is 9.95. The zero-order valence-electron chi connectivity index (χ0n) is 19.2. The lowest BCUT2D eigenvalue weighted by Crippen LogP contribution is -2.48. The molecule has 0 unspecified atom stereocenters. The van der Waals surface area contributed by atoms with Gasteiger partial charge in [0.25, 0.3) is 0 Å². The van der Waals surface area contributed by atoms with Gasteiger partial charge in [0.05, 0.1) is 46.9 Å². The van der Waals surface area contributed by atoms with E-state index in [1.165, 1.54) is 24.3 Å². The van der Waals surface area contributed by atoms with Crippen LogP contribution in [0.5, 0.6) is 11.5 Å². The fraction of sp³-hybridized carbons (Fsp3) is 0.391. The molecule has 1 heterocycles. The fourth-order valence-corrected chi connectivity index (χ4v) is 5.27. The van der Waals surface area contributed by atoms with Crippen molar-refractivity contribution in [3.63, 3.8) is 0 Å². The van der Waals surface area contributed by atoms with Crippen LogP contribution in [0.3, 0.4) is 0 Å². The molecule has 0 bridgehead atoms. The third-order valence-electron chi connectivity index (χ3n) is 5.44. The third-order valence-corrected chi connectivity index (χ3v) is 7.31. The Labute approximate surface area is 205 Å². The number of alkyl halides is 3. The summed E-state index contributed by atoms with van der Waals surface area (Å²) in [6.45, 7) is 1.41. The van der Waals surface area contributed by atoms with E-state index in [2.05, 4.69) is 0 Å². The number of β-amino-alcohol motifs (C(OH)–C–C–N with tert-alkyl or cyclic N) is 1. The van der Waals surface area contributed by atoms with Crippen LogP contribution in [0.2, 0.25) is 0 Å². The molecule has 0 amide bonds. The van der Waals surface area contributed by atoms with Gasteiger partial charge in [-0.05, 0) is 44.2 Å². The summed E-state index contributed by atoms with van der Waals surface area (Å²) in [6, 6.07) is 9.29. The Bertz CT molecular complexity index is 1330. The summed E-state index contributed by atoms with van der Waals surface area (Å²) in [6.07, 6.45) is -6.42. The lowest BCUT2D eigenvalue weighted by Gasteiger charge is -2.28. The molecule has 192 valence electrons. The Kier molecular flexibility index (Phi) is 7.53. The molecule has 0 spiro atoms. The van der Waals surface area contributed by atoms with Crippen LogP contribution in [0.15, 0.2) is 41.3 Å². The maximum absolute atomic E-state index is 13.3. The van der Waals surface area contributed by atoms with E-state index in [-0.39, 0.29) is 23.2 Å². The van der Waals surface area contributed by atoms with Crippen LogP contribution in [0, 0.1) is 22.7 Å². The normalized spacial score (nSPS) is 20.7. The van der Waals surface area contributed by atoms with E-state index in [1.807, 2.05) is 6.07 Å². The first-order chi connectivity index (χ1) is 16.7. The number of benzene rings is 2. The predicted octanol–water partition coefficient (Wildman–Crippen LogP) is 2.41. The maximum Gasteiger partial charge on any atom is 0.416 e. The van der Waals surface area contributed by atoms with Crippen molar-refractivity contribution in [3.05, 3.63) is 53.1 Å². The van der Waals surface area contributed by atoms with Crippen LogP contribution in [-0.2, 0) is 16.2 Å². The molecule has 2 atom stereocenters. The molecule has 0 saturated carbocycles. The molecule has 2 aromatic carbocycles. The number of aliphatic hydroxyl groups excluding tert-OH is 1. The highest BCUT2D eigenvalue weighted by molar-refractivity contribution is 7.89.